The van der Waals surface area contributed by atoms with Crippen molar-refractivity contribution in [3.05, 3.63) is 70.3 Å². The zero-order valence-electron chi connectivity index (χ0n) is 14.2. The molecule has 1 heterocycles. The smallest absolute Gasteiger partial charge is 0.127 e. The summed E-state index contributed by atoms with van der Waals surface area (Å²) in [7, 11) is 1.59. The van der Waals surface area contributed by atoms with Crippen molar-refractivity contribution in [3.8, 4) is 11.4 Å². The highest BCUT2D eigenvalue weighted by atomic mass is 79.9. The Morgan fingerprint density at radius 2 is 1.77 bits per heavy atom. The first-order valence-electron chi connectivity index (χ1n) is 8.11. The van der Waals surface area contributed by atoms with Gasteiger partial charge in [0.25, 0.3) is 0 Å². The number of carbonyl (C=O) groups is 1. The molecule has 0 bridgehead atoms. The first kappa shape index (κ1) is 16.7. The maximum Gasteiger partial charge on any atom is 0.127 e. The largest absolute Gasteiger partial charge is 0.545 e. The standard InChI is InChI=1S/C21H16BrNO3/c1-12-19(21(24)25)17-11-18(26-2)15-8-3-4-9-16(15)20(17)23(12)14-7-5-6-13(22)10-14/h3-11H,1-2H3,(H,24,25)/p-1. The van der Waals surface area contributed by atoms with Gasteiger partial charge in [-0.2, -0.15) is 0 Å². The van der Waals surface area contributed by atoms with Crippen LogP contribution in [0.2, 0.25) is 0 Å². The summed E-state index contributed by atoms with van der Waals surface area (Å²) in [6.45, 7) is 1.80. The molecule has 130 valence electrons. The van der Waals surface area contributed by atoms with Gasteiger partial charge in [0.15, 0.2) is 0 Å². The summed E-state index contributed by atoms with van der Waals surface area (Å²) in [6.07, 6.45) is 0. The van der Waals surface area contributed by atoms with E-state index >= 15 is 0 Å². The molecule has 5 heteroatoms. The monoisotopic (exact) mass is 408 g/mol. The van der Waals surface area contributed by atoms with Crippen LogP contribution in [-0.2, 0) is 0 Å². The fourth-order valence-electron chi connectivity index (χ4n) is 3.60. The minimum Gasteiger partial charge on any atom is -0.545 e. The van der Waals surface area contributed by atoms with Gasteiger partial charge in [-0.05, 0) is 31.2 Å². The van der Waals surface area contributed by atoms with E-state index in [-0.39, 0.29) is 5.56 Å². The van der Waals surface area contributed by atoms with Gasteiger partial charge in [0.05, 0.1) is 18.6 Å². The van der Waals surface area contributed by atoms with Gasteiger partial charge in [0.2, 0.25) is 0 Å². The van der Waals surface area contributed by atoms with E-state index in [4.69, 9.17) is 4.74 Å². The first-order chi connectivity index (χ1) is 12.5. The van der Waals surface area contributed by atoms with Crippen molar-refractivity contribution >= 4 is 43.6 Å². The van der Waals surface area contributed by atoms with Gasteiger partial charge in [-0.3, -0.25) is 0 Å². The Bertz CT molecular complexity index is 1180. The lowest BCUT2D eigenvalue weighted by molar-refractivity contribution is -0.254. The van der Waals surface area contributed by atoms with Crippen LogP contribution >= 0.6 is 15.9 Å². The van der Waals surface area contributed by atoms with Gasteiger partial charge in [0.1, 0.15) is 5.75 Å². The van der Waals surface area contributed by atoms with Crippen molar-refractivity contribution in [1.82, 2.24) is 4.57 Å². The molecular formula is C21H15BrNO3-. The maximum absolute atomic E-state index is 11.9. The molecule has 0 amide bonds. The fraction of sp³-hybridized carbons (Fsp3) is 0.0952. The number of hydrogen-bond donors (Lipinski definition) is 0. The number of benzene rings is 3. The fourth-order valence-corrected chi connectivity index (χ4v) is 3.98. The molecule has 0 radical (unpaired) electrons. The Morgan fingerprint density at radius 1 is 1.04 bits per heavy atom. The summed E-state index contributed by atoms with van der Waals surface area (Å²) in [4.78, 5) is 11.9. The summed E-state index contributed by atoms with van der Waals surface area (Å²) in [5.41, 5.74) is 2.52. The normalized spacial score (nSPS) is 11.2. The van der Waals surface area contributed by atoms with Crippen molar-refractivity contribution in [2.24, 2.45) is 0 Å². The van der Waals surface area contributed by atoms with E-state index in [1.807, 2.05) is 53.1 Å². The van der Waals surface area contributed by atoms with Crippen LogP contribution in [0.3, 0.4) is 0 Å². The topological polar surface area (TPSA) is 54.3 Å². The number of halogens is 1. The summed E-state index contributed by atoms with van der Waals surface area (Å²) >= 11 is 3.49. The van der Waals surface area contributed by atoms with E-state index in [1.54, 1.807) is 20.1 Å². The molecule has 0 aliphatic heterocycles. The lowest BCUT2D eigenvalue weighted by Gasteiger charge is -2.12. The molecule has 1 aromatic heterocycles. The van der Waals surface area contributed by atoms with Crippen molar-refractivity contribution in [2.75, 3.05) is 7.11 Å². The first-order valence-corrected chi connectivity index (χ1v) is 8.90. The molecule has 0 atom stereocenters. The third-order valence-corrected chi connectivity index (χ3v) is 5.15. The number of fused-ring (bicyclic) bond motifs is 3. The number of aromatic carboxylic acids is 1. The zero-order chi connectivity index (χ0) is 18.4. The molecule has 26 heavy (non-hydrogen) atoms. The summed E-state index contributed by atoms with van der Waals surface area (Å²) in [6, 6.07) is 17.4. The van der Waals surface area contributed by atoms with Crippen LogP contribution < -0.4 is 9.84 Å². The zero-order valence-corrected chi connectivity index (χ0v) is 15.8. The van der Waals surface area contributed by atoms with Crippen LogP contribution in [0.25, 0.3) is 27.4 Å². The SMILES string of the molecule is COc1cc2c(C(=O)[O-])c(C)n(-c3cccc(Br)c3)c2c2ccccc12. The molecule has 0 aliphatic carbocycles. The number of carbonyl (C=O) groups excluding carboxylic acids is 1. The second kappa shape index (κ2) is 6.18. The molecule has 4 rings (SSSR count). The van der Waals surface area contributed by atoms with E-state index in [2.05, 4.69) is 15.9 Å². The Kier molecular flexibility index (Phi) is 3.96. The highest BCUT2D eigenvalue weighted by molar-refractivity contribution is 9.10. The Labute approximate surface area is 158 Å². The van der Waals surface area contributed by atoms with Gasteiger partial charge in [-0.15, -0.1) is 0 Å². The molecule has 0 saturated heterocycles. The van der Waals surface area contributed by atoms with Crippen LogP contribution in [0.5, 0.6) is 5.75 Å². The van der Waals surface area contributed by atoms with E-state index in [1.165, 1.54) is 0 Å². The maximum atomic E-state index is 11.9. The highest BCUT2D eigenvalue weighted by Gasteiger charge is 2.20. The van der Waals surface area contributed by atoms with E-state index in [9.17, 15) is 9.90 Å². The number of nitrogens with zero attached hydrogens (tertiary/aromatic N) is 1. The molecule has 0 saturated carbocycles. The van der Waals surface area contributed by atoms with Crippen molar-refractivity contribution in [2.45, 2.75) is 6.92 Å². The number of carboxylic acids is 1. The molecule has 4 nitrogen and oxygen atoms in total. The van der Waals surface area contributed by atoms with Crippen LogP contribution in [-0.4, -0.2) is 17.6 Å². The van der Waals surface area contributed by atoms with Gasteiger partial charge < -0.3 is 19.2 Å². The average Bonchev–Trinajstić information content (AvgIpc) is 2.93. The molecule has 3 aromatic carbocycles. The Balaban J connectivity index is 2.27. The van der Waals surface area contributed by atoms with Crippen molar-refractivity contribution < 1.29 is 14.6 Å². The van der Waals surface area contributed by atoms with Gasteiger partial charge >= 0.3 is 0 Å². The molecule has 0 spiro atoms. The van der Waals surface area contributed by atoms with Crippen LogP contribution in [0.15, 0.2) is 59.1 Å². The summed E-state index contributed by atoms with van der Waals surface area (Å²) < 4.78 is 8.40. The average molecular weight is 409 g/mol. The molecule has 0 aliphatic rings. The Hall–Kier alpha value is -2.79. The summed E-state index contributed by atoms with van der Waals surface area (Å²) in [5, 5.41) is 14.4. The molecule has 0 unspecified atom stereocenters. The highest BCUT2D eigenvalue weighted by Crippen LogP contribution is 2.39. The number of methoxy groups -OCH3 is 1. The van der Waals surface area contributed by atoms with Crippen molar-refractivity contribution in [3.63, 3.8) is 0 Å². The number of ether oxygens (including phenoxy) is 1. The van der Waals surface area contributed by atoms with Crippen LogP contribution in [0, 0.1) is 6.92 Å². The Morgan fingerprint density at radius 3 is 2.42 bits per heavy atom. The van der Waals surface area contributed by atoms with Crippen LogP contribution in [0.4, 0.5) is 0 Å². The molecule has 0 fully saturated rings. The van der Waals surface area contributed by atoms with Crippen molar-refractivity contribution in [1.29, 1.82) is 0 Å². The van der Waals surface area contributed by atoms with Crippen LogP contribution in [0.1, 0.15) is 16.1 Å². The molecule has 0 N–H and O–H groups in total. The minimum atomic E-state index is -1.20. The third-order valence-electron chi connectivity index (χ3n) is 4.66. The number of carboxylic acid groups (broad SMARTS) is 1. The van der Waals surface area contributed by atoms with E-state index < -0.39 is 5.97 Å². The van der Waals surface area contributed by atoms with E-state index in [0.29, 0.717) is 16.8 Å². The van der Waals surface area contributed by atoms with Gasteiger partial charge in [0, 0.05) is 37.6 Å². The minimum absolute atomic E-state index is 0.184. The molecular weight excluding hydrogens is 394 g/mol. The second-order valence-corrected chi connectivity index (χ2v) is 7.00. The van der Waals surface area contributed by atoms with E-state index in [0.717, 1.165) is 26.4 Å². The predicted octanol–water partition coefficient (Wildman–Crippen LogP) is 4.23. The quantitative estimate of drug-likeness (QED) is 0.509. The third kappa shape index (κ3) is 2.39. The predicted molar refractivity (Wildman–Crippen MR) is 104 cm³/mol. The molecule has 4 aromatic rings. The van der Waals surface area contributed by atoms with Gasteiger partial charge in [-0.25, -0.2) is 0 Å². The number of hydrogen-bond acceptors (Lipinski definition) is 3. The summed E-state index contributed by atoms with van der Waals surface area (Å²) in [5.74, 6) is -0.555. The number of rotatable bonds is 3. The second-order valence-electron chi connectivity index (χ2n) is 6.08. The lowest BCUT2D eigenvalue weighted by atomic mass is 10.0. The number of aromatic nitrogens is 1. The lowest BCUT2D eigenvalue weighted by Crippen LogP contribution is -2.23. The van der Waals surface area contributed by atoms with Gasteiger partial charge in [-0.1, -0.05) is 46.3 Å².